The maximum Gasteiger partial charge on any atom is 0.270 e. The lowest BCUT2D eigenvalue weighted by Crippen LogP contribution is -2.24. The van der Waals surface area contributed by atoms with Gasteiger partial charge in [-0.05, 0) is 29.7 Å². The van der Waals surface area contributed by atoms with Crippen LogP contribution in [0.2, 0.25) is 10.0 Å². The molecule has 2 rings (SSSR count). The van der Waals surface area contributed by atoms with Crippen molar-refractivity contribution >= 4 is 35.0 Å². The zero-order valence-electron chi connectivity index (χ0n) is 12.9. The smallest absolute Gasteiger partial charge is 0.268 e. The van der Waals surface area contributed by atoms with E-state index in [0.717, 1.165) is 5.56 Å². The number of aromatic nitrogens is 2. The Kier molecular flexibility index (Phi) is 5.74. The van der Waals surface area contributed by atoms with E-state index >= 15 is 0 Å². The lowest BCUT2D eigenvalue weighted by atomic mass is 10.1. The maximum absolute atomic E-state index is 12.1. The van der Waals surface area contributed by atoms with Crippen molar-refractivity contribution in [2.75, 3.05) is 0 Å². The minimum Gasteiger partial charge on any atom is -0.268 e. The third-order valence-corrected chi connectivity index (χ3v) is 5.11. The number of rotatable bonds is 4. The summed E-state index contributed by atoms with van der Waals surface area (Å²) in [7, 11) is 1.62. The summed E-state index contributed by atoms with van der Waals surface area (Å²) in [6.45, 7) is 3.92. The standard InChI is InChI=1S/C16H15Cl2N3OS/c1-9(2)11-8-14(20-21(3)16(11)22)23-15-12(17)6-10(4-5-19)7-13(15)18/h6-9H,4H2,1-3H3. The first-order chi connectivity index (χ1) is 10.8. The second-order valence-electron chi connectivity index (χ2n) is 5.35. The Morgan fingerprint density at radius 2 is 1.91 bits per heavy atom. The molecule has 2 aromatic rings. The van der Waals surface area contributed by atoms with Gasteiger partial charge in [-0.25, -0.2) is 4.68 Å². The van der Waals surface area contributed by atoms with E-state index < -0.39 is 0 Å². The summed E-state index contributed by atoms with van der Waals surface area (Å²) in [5, 5.41) is 14.6. The maximum atomic E-state index is 12.1. The van der Waals surface area contributed by atoms with Crippen LogP contribution in [0.5, 0.6) is 0 Å². The number of aryl methyl sites for hydroxylation is 1. The first-order valence-electron chi connectivity index (χ1n) is 6.94. The molecule has 0 bridgehead atoms. The number of benzene rings is 1. The van der Waals surface area contributed by atoms with E-state index in [0.29, 0.717) is 25.5 Å². The molecular formula is C16H15Cl2N3OS. The van der Waals surface area contributed by atoms with E-state index in [4.69, 9.17) is 28.5 Å². The molecule has 0 saturated carbocycles. The van der Waals surface area contributed by atoms with Gasteiger partial charge in [-0.1, -0.05) is 48.8 Å². The predicted molar refractivity (Wildman–Crippen MR) is 93.5 cm³/mol. The first-order valence-corrected chi connectivity index (χ1v) is 8.51. The SMILES string of the molecule is CC(C)c1cc(Sc2c(Cl)cc(CC#N)cc2Cl)nn(C)c1=O. The quantitative estimate of drug-likeness (QED) is 0.801. The van der Waals surface area contributed by atoms with Gasteiger partial charge in [0.2, 0.25) is 0 Å². The fraction of sp³-hybridized carbons (Fsp3) is 0.312. The van der Waals surface area contributed by atoms with E-state index in [1.165, 1.54) is 16.4 Å². The van der Waals surface area contributed by atoms with E-state index in [1.807, 2.05) is 13.8 Å². The van der Waals surface area contributed by atoms with Crippen LogP contribution >= 0.6 is 35.0 Å². The summed E-state index contributed by atoms with van der Waals surface area (Å²) >= 11 is 13.9. The summed E-state index contributed by atoms with van der Waals surface area (Å²) in [6, 6.07) is 7.29. The van der Waals surface area contributed by atoms with Crippen molar-refractivity contribution in [3.8, 4) is 6.07 Å². The summed E-state index contributed by atoms with van der Waals surface area (Å²) in [4.78, 5) is 12.7. The minimum atomic E-state index is -0.106. The van der Waals surface area contributed by atoms with Gasteiger partial charge in [0, 0.05) is 12.6 Å². The molecular weight excluding hydrogens is 353 g/mol. The Balaban J connectivity index is 2.44. The lowest BCUT2D eigenvalue weighted by Gasteiger charge is -2.11. The number of nitrogens with zero attached hydrogens (tertiary/aromatic N) is 3. The first kappa shape index (κ1) is 17.9. The predicted octanol–water partition coefficient (Wildman–Crippen LogP) is 4.43. The molecule has 1 aromatic carbocycles. The zero-order chi connectivity index (χ0) is 17.1. The van der Waals surface area contributed by atoms with E-state index in [2.05, 4.69) is 11.2 Å². The van der Waals surface area contributed by atoms with Gasteiger partial charge >= 0.3 is 0 Å². The molecule has 0 aliphatic carbocycles. The summed E-state index contributed by atoms with van der Waals surface area (Å²) in [5.74, 6) is 0.0972. The fourth-order valence-corrected chi connectivity index (χ4v) is 3.71. The van der Waals surface area contributed by atoms with Crippen LogP contribution in [0.4, 0.5) is 0 Å². The molecule has 0 spiro atoms. The molecule has 0 amide bonds. The van der Waals surface area contributed by atoms with Crippen LogP contribution < -0.4 is 5.56 Å². The van der Waals surface area contributed by atoms with Crippen molar-refractivity contribution in [3.05, 3.63) is 49.7 Å². The van der Waals surface area contributed by atoms with Gasteiger partial charge in [0.05, 0.1) is 27.4 Å². The molecule has 0 unspecified atom stereocenters. The fourth-order valence-electron chi connectivity index (χ4n) is 2.08. The van der Waals surface area contributed by atoms with Gasteiger partial charge in [0.25, 0.3) is 5.56 Å². The van der Waals surface area contributed by atoms with Gasteiger partial charge < -0.3 is 0 Å². The summed E-state index contributed by atoms with van der Waals surface area (Å²) in [5.41, 5.74) is 1.35. The number of hydrogen-bond acceptors (Lipinski definition) is 4. The van der Waals surface area contributed by atoms with Gasteiger partial charge in [0.1, 0.15) is 5.03 Å². The molecule has 0 atom stereocenters. The molecule has 0 N–H and O–H groups in total. The third kappa shape index (κ3) is 4.08. The van der Waals surface area contributed by atoms with E-state index in [-0.39, 0.29) is 17.9 Å². The lowest BCUT2D eigenvalue weighted by molar-refractivity contribution is 0.642. The van der Waals surface area contributed by atoms with Gasteiger partial charge in [-0.3, -0.25) is 4.79 Å². The topological polar surface area (TPSA) is 58.7 Å². The highest BCUT2D eigenvalue weighted by atomic mass is 35.5. The molecule has 0 fully saturated rings. The Labute approximate surface area is 149 Å². The molecule has 7 heteroatoms. The van der Waals surface area contributed by atoms with Crippen LogP contribution in [0.15, 0.2) is 32.9 Å². The number of nitriles is 1. The largest absolute Gasteiger partial charge is 0.270 e. The van der Waals surface area contributed by atoms with Crippen LogP contribution in [0.3, 0.4) is 0 Å². The second-order valence-corrected chi connectivity index (χ2v) is 7.19. The molecule has 0 saturated heterocycles. The summed E-state index contributed by atoms with van der Waals surface area (Å²) < 4.78 is 1.32. The molecule has 120 valence electrons. The van der Waals surface area contributed by atoms with Crippen molar-refractivity contribution < 1.29 is 0 Å². The number of halogens is 2. The second kappa shape index (κ2) is 7.39. The van der Waals surface area contributed by atoms with Crippen LogP contribution in [0, 0.1) is 11.3 Å². The average molecular weight is 368 g/mol. The van der Waals surface area contributed by atoms with Crippen LogP contribution in [0.25, 0.3) is 0 Å². The summed E-state index contributed by atoms with van der Waals surface area (Å²) in [6.07, 6.45) is 0.250. The molecule has 4 nitrogen and oxygen atoms in total. The zero-order valence-corrected chi connectivity index (χ0v) is 15.3. The Hall–Kier alpha value is -1.48. The monoisotopic (exact) mass is 367 g/mol. The minimum absolute atomic E-state index is 0.0972. The van der Waals surface area contributed by atoms with Crippen molar-refractivity contribution in [2.45, 2.75) is 36.1 Å². The van der Waals surface area contributed by atoms with Crippen molar-refractivity contribution in [1.82, 2.24) is 9.78 Å². The highest BCUT2D eigenvalue weighted by Crippen LogP contribution is 2.39. The third-order valence-electron chi connectivity index (χ3n) is 3.24. The van der Waals surface area contributed by atoms with Gasteiger partial charge in [-0.2, -0.15) is 10.4 Å². The molecule has 1 aromatic heterocycles. The highest BCUT2D eigenvalue weighted by molar-refractivity contribution is 7.99. The van der Waals surface area contributed by atoms with Crippen molar-refractivity contribution in [2.24, 2.45) is 7.05 Å². The molecule has 0 radical (unpaired) electrons. The van der Waals surface area contributed by atoms with E-state index in [9.17, 15) is 4.79 Å². The Morgan fingerprint density at radius 1 is 1.30 bits per heavy atom. The van der Waals surface area contributed by atoms with Crippen LogP contribution in [-0.2, 0) is 13.5 Å². The van der Waals surface area contributed by atoms with Crippen LogP contribution in [0.1, 0.15) is 30.9 Å². The molecule has 0 aliphatic heterocycles. The van der Waals surface area contributed by atoms with Gasteiger partial charge in [0.15, 0.2) is 0 Å². The molecule has 0 aliphatic rings. The van der Waals surface area contributed by atoms with Crippen molar-refractivity contribution in [1.29, 1.82) is 5.26 Å². The van der Waals surface area contributed by atoms with E-state index in [1.54, 1.807) is 25.2 Å². The average Bonchev–Trinajstić information content (AvgIpc) is 2.46. The normalized spacial score (nSPS) is 10.8. The Bertz CT molecular complexity index is 817. The highest BCUT2D eigenvalue weighted by Gasteiger charge is 2.14. The molecule has 23 heavy (non-hydrogen) atoms. The van der Waals surface area contributed by atoms with Crippen molar-refractivity contribution in [3.63, 3.8) is 0 Å². The molecule has 1 heterocycles. The van der Waals surface area contributed by atoms with Gasteiger partial charge in [-0.15, -0.1) is 0 Å². The Morgan fingerprint density at radius 3 is 2.43 bits per heavy atom. The number of hydrogen-bond donors (Lipinski definition) is 0. The van der Waals surface area contributed by atoms with Crippen LogP contribution in [-0.4, -0.2) is 9.78 Å².